The number of likely N-dealkylation sites (tertiary alicyclic amines) is 1. The molecule has 2 N–H and O–H groups in total. The molecular weight excluding hydrogens is 300 g/mol. The average molecular weight is 323 g/mol. The third-order valence-corrected chi connectivity index (χ3v) is 5.21. The van der Waals surface area contributed by atoms with Gasteiger partial charge in [0, 0.05) is 41.3 Å². The first-order valence-corrected chi connectivity index (χ1v) is 8.04. The van der Waals surface area contributed by atoms with Crippen molar-refractivity contribution in [1.82, 2.24) is 4.90 Å². The van der Waals surface area contributed by atoms with Gasteiger partial charge >= 0.3 is 0 Å². The van der Waals surface area contributed by atoms with Gasteiger partial charge in [-0.3, -0.25) is 4.90 Å². The SMILES string of the molecule is Cc1cc(CN2C[C@@H](N)[C@H](c3ccccc3)C2)c(C)s1.Cl. The molecular formula is C17H23ClN2S. The first-order valence-electron chi connectivity index (χ1n) is 7.22. The van der Waals surface area contributed by atoms with E-state index >= 15 is 0 Å². The number of hydrogen-bond donors (Lipinski definition) is 1. The Hall–Kier alpha value is -0.870. The number of rotatable bonds is 3. The summed E-state index contributed by atoms with van der Waals surface area (Å²) in [4.78, 5) is 5.34. The molecule has 2 atom stereocenters. The van der Waals surface area contributed by atoms with Crippen LogP contribution in [0.15, 0.2) is 36.4 Å². The first-order chi connectivity index (χ1) is 9.63. The lowest BCUT2D eigenvalue weighted by Gasteiger charge is -2.16. The summed E-state index contributed by atoms with van der Waals surface area (Å²) in [6.07, 6.45) is 0. The number of thiophene rings is 1. The fraction of sp³-hybridized carbons (Fsp3) is 0.412. The number of halogens is 1. The van der Waals surface area contributed by atoms with Gasteiger partial charge in [-0.25, -0.2) is 0 Å². The number of benzene rings is 1. The van der Waals surface area contributed by atoms with Crippen LogP contribution < -0.4 is 5.73 Å². The van der Waals surface area contributed by atoms with Crippen LogP contribution in [0.4, 0.5) is 0 Å². The lowest BCUT2D eigenvalue weighted by molar-refractivity contribution is 0.323. The lowest BCUT2D eigenvalue weighted by atomic mass is 9.95. The van der Waals surface area contributed by atoms with Gasteiger partial charge in [-0.15, -0.1) is 23.7 Å². The van der Waals surface area contributed by atoms with E-state index in [1.807, 2.05) is 11.3 Å². The van der Waals surface area contributed by atoms with Gasteiger partial charge in [0.2, 0.25) is 0 Å². The van der Waals surface area contributed by atoms with E-state index in [1.165, 1.54) is 20.9 Å². The Bertz CT molecular complexity index is 582. The van der Waals surface area contributed by atoms with Gasteiger partial charge < -0.3 is 5.73 Å². The predicted octanol–water partition coefficient (Wildman–Crippen LogP) is 3.71. The second kappa shape index (κ2) is 6.93. The number of aryl methyl sites for hydroxylation is 2. The molecule has 2 aromatic rings. The van der Waals surface area contributed by atoms with E-state index in [9.17, 15) is 0 Å². The Morgan fingerprint density at radius 2 is 1.90 bits per heavy atom. The van der Waals surface area contributed by atoms with Gasteiger partial charge in [-0.2, -0.15) is 0 Å². The molecule has 1 aliphatic rings. The van der Waals surface area contributed by atoms with Crippen molar-refractivity contribution in [3.63, 3.8) is 0 Å². The number of nitrogens with zero attached hydrogens (tertiary/aromatic N) is 1. The monoisotopic (exact) mass is 322 g/mol. The van der Waals surface area contributed by atoms with Crippen molar-refractivity contribution in [2.75, 3.05) is 13.1 Å². The van der Waals surface area contributed by atoms with Crippen molar-refractivity contribution in [1.29, 1.82) is 0 Å². The quantitative estimate of drug-likeness (QED) is 0.933. The Morgan fingerprint density at radius 1 is 1.19 bits per heavy atom. The summed E-state index contributed by atoms with van der Waals surface area (Å²) in [5.41, 5.74) is 9.20. The predicted molar refractivity (Wildman–Crippen MR) is 93.5 cm³/mol. The summed E-state index contributed by atoms with van der Waals surface area (Å²) < 4.78 is 0. The Morgan fingerprint density at radius 3 is 2.52 bits per heavy atom. The van der Waals surface area contributed by atoms with E-state index in [1.54, 1.807) is 0 Å². The van der Waals surface area contributed by atoms with Gasteiger partial charge in [0.15, 0.2) is 0 Å². The van der Waals surface area contributed by atoms with E-state index in [-0.39, 0.29) is 18.4 Å². The molecule has 1 aromatic carbocycles. The summed E-state index contributed by atoms with van der Waals surface area (Å²) in [6, 6.07) is 13.3. The molecule has 3 rings (SSSR count). The maximum absolute atomic E-state index is 6.36. The molecule has 0 saturated carbocycles. The van der Waals surface area contributed by atoms with E-state index in [2.05, 4.69) is 55.1 Å². The molecule has 1 saturated heterocycles. The smallest absolute Gasteiger partial charge is 0.0250 e. The highest BCUT2D eigenvalue weighted by atomic mass is 35.5. The lowest BCUT2D eigenvalue weighted by Crippen LogP contribution is -2.28. The van der Waals surface area contributed by atoms with Crippen LogP contribution >= 0.6 is 23.7 Å². The van der Waals surface area contributed by atoms with Crippen molar-refractivity contribution in [3.8, 4) is 0 Å². The number of hydrogen-bond acceptors (Lipinski definition) is 3. The fourth-order valence-electron chi connectivity index (χ4n) is 3.18. The normalized spacial score (nSPS) is 22.2. The molecule has 0 radical (unpaired) electrons. The average Bonchev–Trinajstić information content (AvgIpc) is 2.94. The van der Waals surface area contributed by atoms with E-state index < -0.39 is 0 Å². The minimum atomic E-state index is 0. The highest BCUT2D eigenvalue weighted by Gasteiger charge is 2.31. The highest BCUT2D eigenvalue weighted by molar-refractivity contribution is 7.12. The van der Waals surface area contributed by atoms with E-state index in [4.69, 9.17) is 5.73 Å². The first kappa shape index (κ1) is 16.5. The summed E-state index contributed by atoms with van der Waals surface area (Å²) in [5, 5.41) is 0. The molecule has 0 bridgehead atoms. The molecule has 114 valence electrons. The van der Waals surface area contributed by atoms with Crippen LogP contribution in [-0.4, -0.2) is 24.0 Å². The molecule has 1 aliphatic heterocycles. The largest absolute Gasteiger partial charge is 0.326 e. The third-order valence-electron chi connectivity index (χ3n) is 4.21. The summed E-state index contributed by atoms with van der Waals surface area (Å²) in [6.45, 7) is 7.50. The zero-order chi connectivity index (χ0) is 14.1. The van der Waals surface area contributed by atoms with Crippen molar-refractivity contribution in [2.24, 2.45) is 5.73 Å². The second-order valence-electron chi connectivity index (χ2n) is 5.81. The summed E-state index contributed by atoms with van der Waals surface area (Å²) in [5.74, 6) is 0.469. The third kappa shape index (κ3) is 3.67. The summed E-state index contributed by atoms with van der Waals surface area (Å²) in [7, 11) is 0. The fourth-order valence-corrected chi connectivity index (χ4v) is 4.12. The van der Waals surface area contributed by atoms with Gasteiger partial charge in [-0.05, 0) is 31.0 Å². The van der Waals surface area contributed by atoms with Crippen molar-refractivity contribution in [2.45, 2.75) is 32.4 Å². The molecule has 0 aliphatic carbocycles. The molecule has 21 heavy (non-hydrogen) atoms. The molecule has 2 heterocycles. The van der Waals surface area contributed by atoms with Gasteiger partial charge in [0.25, 0.3) is 0 Å². The van der Waals surface area contributed by atoms with E-state index in [0.29, 0.717) is 5.92 Å². The van der Waals surface area contributed by atoms with Crippen molar-refractivity contribution in [3.05, 3.63) is 57.3 Å². The zero-order valence-corrected chi connectivity index (χ0v) is 14.2. The van der Waals surface area contributed by atoms with Crippen LogP contribution in [0.25, 0.3) is 0 Å². The molecule has 0 amide bonds. The maximum Gasteiger partial charge on any atom is 0.0250 e. The summed E-state index contributed by atoms with van der Waals surface area (Å²) >= 11 is 1.89. The molecule has 0 unspecified atom stereocenters. The van der Waals surface area contributed by atoms with Crippen molar-refractivity contribution >= 4 is 23.7 Å². The standard InChI is InChI=1S/C17H22N2S.ClH/c1-12-8-15(13(2)20-12)9-19-10-16(17(18)11-19)14-6-4-3-5-7-14;/h3-8,16-17H,9-11,18H2,1-2H3;1H/t16-,17+;/m0./s1. The molecule has 2 nitrogen and oxygen atoms in total. The zero-order valence-electron chi connectivity index (χ0n) is 12.6. The van der Waals surface area contributed by atoms with E-state index in [0.717, 1.165) is 19.6 Å². The van der Waals surface area contributed by atoms with Gasteiger partial charge in [-0.1, -0.05) is 30.3 Å². The minimum Gasteiger partial charge on any atom is -0.326 e. The van der Waals surface area contributed by atoms with Gasteiger partial charge in [0.05, 0.1) is 0 Å². The Balaban J connectivity index is 0.00000161. The van der Waals surface area contributed by atoms with Crippen LogP contribution in [0.3, 0.4) is 0 Å². The van der Waals surface area contributed by atoms with Gasteiger partial charge in [0.1, 0.15) is 0 Å². The van der Waals surface area contributed by atoms with Crippen LogP contribution in [0.1, 0.15) is 26.8 Å². The topological polar surface area (TPSA) is 29.3 Å². The van der Waals surface area contributed by atoms with Crippen LogP contribution in [0.2, 0.25) is 0 Å². The molecule has 1 fully saturated rings. The molecule has 1 aromatic heterocycles. The highest BCUT2D eigenvalue weighted by Crippen LogP contribution is 2.29. The molecule has 4 heteroatoms. The Kier molecular flexibility index (Phi) is 5.44. The number of nitrogens with two attached hydrogens (primary N) is 1. The van der Waals surface area contributed by atoms with Crippen LogP contribution in [-0.2, 0) is 6.54 Å². The maximum atomic E-state index is 6.36. The second-order valence-corrected chi connectivity index (χ2v) is 7.27. The van der Waals surface area contributed by atoms with Crippen LogP contribution in [0.5, 0.6) is 0 Å². The minimum absolute atomic E-state index is 0. The molecule has 0 spiro atoms. The van der Waals surface area contributed by atoms with Crippen molar-refractivity contribution < 1.29 is 0 Å². The Labute approximate surface area is 137 Å². The van der Waals surface area contributed by atoms with Crippen LogP contribution in [0, 0.1) is 13.8 Å².